The molecular formula is C17H29N3. The number of anilines is 1. The third kappa shape index (κ3) is 3.97. The highest BCUT2D eigenvalue weighted by molar-refractivity contribution is 5.49. The standard InChI is InChI=1S/C17H29N3/c1-4-15(18)12-14-7-9-16(10-8-14)20-11-5-6-17(20)13-19(2)3/h7-10,15,17H,4-6,11-13,18H2,1-3H3. The summed E-state index contributed by atoms with van der Waals surface area (Å²) in [6.45, 7) is 4.48. The minimum absolute atomic E-state index is 0.286. The van der Waals surface area contributed by atoms with Gasteiger partial charge in [0.25, 0.3) is 0 Å². The van der Waals surface area contributed by atoms with Gasteiger partial charge in [-0.2, -0.15) is 0 Å². The van der Waals surface area contributed by atoms with Gasteiger partial charge in [0.2, 0.25) is 0 Å². The minimum atomic E-state index is 0.286. The monoisotopic (exact) mass is 275 g/mol. The largest absolute Gasteiger partial charge is 0.367 e. The van der Waals surface area contributed by atoms with Crippen molar-refractivity contribution in [3.05, 3.63) is 29.8 Å². The van der Waals surface area contributed by atoms with Crippen LogP contribution in [0.5, 0.6) is 0 Å². The van der Waals surface area contributed by atoms with Crippen LogP contribution in [0.15, 0.2) is 24.3 Å². The van der Waals surface area contributed by atoms with Crippen LogP contribution in [0.2, 0.25) is 0 Å². The van der Waals surface area contributed by atoms with Gasteiger partial charge in [0.15, 0.2) is 0 Å². The van der Waals surface area contributed by atoms with Gasteiger partial charge in [0, 0.05) is 30.9 Å². The van der Waals surface area contributed by atoms with Gasteiger partial charge < -0.3 is 15.5 Å². The van der Waals surface area contributed by atoms with E-state index in [4.69, 9.17) is 5.73 Å². The molecule has 1 aromatic rings. The number of benzene rings is 1. The Morgan fingerprint density at radius 3 is 2.60 bits per heavy atom. The Kier molecular flexibility index (Phi) is 5.44. The van der Waals surface area contributed by atoms with Crippen LogP contribution in [0.3, 0.4) is 0 Å². The second kappa shape index (κ2) is 7.09. The van der Waals surface area contributed by atoms with Gasteiger partial charge in [-0.05, 0) is 57.5 Å². The Labute approximate surface area is 123 Å². The summed E-state index contributed by atoms with van der Waals surface area (Å²) in [5, 5.41) is 0. The lowest BCUT2D eigenvalue weighted by molar-refractivity contribution is 0.372. The topological polar surface area (TPSA) is 32.5 Å². The van der Waals surface area contributed by atoms with E-state index in [1.165, 1.54) is 30.6 Å². The molecule has 0 saturated carbocycles. The van der Waals surface area contributed by atoms with Crippen molar-refractivity contribution in [2.75, 3.05) is 32.1 Å². The summed E-state index contributed by atoms with van der Waals surface area (Å²) in [6.07, 6.45) is 4.64. The van der Waals surface area contributed by atoms with E-state index < -0.39 is 0 Å². The normalized spacial score (nSPS) is 20.6. The molecule has 0 radical (unpaired) electrons. The van der Waals surface area contributed by atoms with Gasteiger partial charge in [0.05, 0.1) is 0 Å². The first-order chi connectivity index (χ1) is 9.60. The Morgan fingerprint density at radius 2 is 2.00 bits per heavy atom. The molecule has 3 nitrogen and oxygen atoms in total. The quantitative estimate of drug-likeness (QED) is 0.866. The maximum absolute atomic E-state index is 6.03. The predicted octanol–water partition coefficient (Wildman–Crippen LogP) is 2.50. The van der Waals surface area contributed by atoms with E-state index in [1.807, 2.05) is 0 Å². The van der Waals surface area contributed by atoms with Crippen molar-refractivity contribution >= 4 is 5.69 Å². The van der Waals surface area contributed by atoms with Gasteiger partial charge in [-0.15, -0.1) is 0 Å². The third-order valence-electron chi connectivity index (χ3n) is 4.24. The van der Waals surface area contributed by atoms with E-state index >= 15 is 0 Å². The number of likely N-dealkylation sites (N-methyl/N-ethyl adjacent to an activating group) is 1. The molecule has 1 aliphatic heterocycles. The lowest BCUT2D eigenvalue weighted by Gasteiger charge is -2.29. The summed E-state index contributed by atoms with van der Waals surface area (Å²) < 4.78 is 0. The fraction of sp³-hybridized carbons (Fsp3) is 0.647. The molecular weight excluding hydrogens is 246 g/mol. The van der Waals surface area contributed by atoms with E-state index in [2.05, 4.69) is 55.1 Å². The minimum Gasteiger partial charge on any atom is -0.367 e. The van der Waals surface area contributed by atoms with Gasteiger partial charge >= 0.3 is 0 Å². The van der Waals surface area contributed by atoms with E-state index in [-0.39, 0.29) is 6.04 Å². The highest BCUT2D eigenvalue weighted by atomic mass is 15.2. The average molecular weight is 275 g/mol. The van der Waals surface area contributed by atoms with Crippen LogP contribution in [0.25, 0.3) is 0 Å². The van der Waals surface area contributed by atoms with E-state index in [1.54, 1.807) is 0 Å². The zero-order valence-electron chi connectivity index (χ0n) is 13.2. The van der Waals surface area contributed by atoms with E-state index in [0.29, 0.717) is 6.04 Å². The molecule has 112 valence electrons. The van der Waals surface area contributed by atoms with Crippen molar-refractivity contribution in [1.82, 2.24) is 4.90 Å². The van der Waals surface area contributed by atoms with Crippen LogP contribution in [0, 0.1) is 0 Å². The summed E-state index contributed by atoms with van der Waals surface area (Å²) in [7, 11) is 4.32. The zero-order valence-corrected chi connectivity index (χ0v) is 13.2. The molecule has 2 rings (SSSR count). The molecule has 1 heterocycles. The molecule has 1 fully saturated rings. The van der Waals surface area contributed by atoms with Crippen LogP contribution < -0.4 is 10.6 Å². The SMILES string of the molecule is CCC(N)Cc1ccc(N2CCCC2CN(C)C)cc1. The number of hydrogen-bond donors (Lipinski definition) is 1. The summed E-state index contributed by atoms with van der Waals surface area (Å²) >= 11 is 0. The predicted molar refractivity (Wildman–Crippen MR) is 87.3 cm³/mol. The second-order valence-corrected chi connectivity index (χ2v) is 6.29. The van der Waals surface area contributed by atoms with Crippen molar-refractivity contribution in [2.45, 2.75) is 44.7 Å². The van der Waals surface area contributed by atoms with Gasteiger partial charge in [0.1, 0.15) is 0 Å². The summed E-state index contributed by atoms with van der Waals surface area (Å²) in [5.41, 5.74) is 8.74. The molecule has 0 aromatic heterocycles. The molecule has 1 aromatic carbocycles. The maximum Gasteiger partial charge on any atom is 0.0417 e. The van der Waals surface area contributed by atoms with Gasteiger partial charge in [-0.25, -0.2) is 0 Å². The van der Waals surface area contributed by atoms with E-state index in [9.17, 15) is 0 Å². The lowest BCUT2D eigenvalue weighted by atomic mass is 10.0. The summed E-state index contributed by atoms with van der Waals surface area (Å²) in [6, 6.07) is 9.98. The highest BCUT2D eigenvalue weighted by Crippen LogP contribution is 2.26. The molecule has 0 amide bonds. The zero-order chi connectivity index (χ0) is 14.5. The van der Waals surface area contributed by atoms with Gasteiger partial charge in [-0.1, -0.05) is 19.1 Å². The average Bonchev–Trinajstić information content (AvgIpc) is 2.87. The van der Waals surface area contributed by atoms with Gasteiger partial charge in [-0.3, -0.25) is 0 Å². The molecule has 3 heteroatoms. The number of nitrogens with two attached hydrogens (primary N) is 1. The fourth-order valence-corrected chi connectivity index (χ4v) is 3.06. The number of rotatable bonds is 6. The Hall–Kier alpha value is -1.06. The van der Waals surface area contributed by atoms with Crippen molar-refractivity contribution in [3.8, 4) is 0 Å². The molecule has 0 bridgehead atoms. The smallest absolute Gasteiger partial charge is 0.0417 e. The number of nitrogens with zero attached hydrogens (tertiary/aromatic N) is 2. The Morgan fingerprint density at radius 1 is 1.30 bits per heavy atom. The molecule has 1 aliphatic rings. The van der Waals surface area contributed by atoms with Crippen LogP contribution in [0.4, 0.5) is 5.69 Å². The summed E-state index contributed by atoms with van der Waals surface area (Å²) in [5.74, 6) is 0. The van der Waals surface area contributed by atoms with Crippen LogP contribution in [-0.4, -0.2) is 44.2 Å². The molecule has 20 heavy (non-hydrogen) atoms. The van der Waals surface area contributed by atoms with Crippen LogP contribution in [0.1, 0.15) is 31.7 Å². The molecule has 1 saturated heterocycles. The Balaban J connectivity index is 2.01. The Bertz CT molecular complexity index is 399. The first kappa shape index (κ1) is 15.3. The first-order valence-corrected chi connectivity index (χ1v) is 7.86. The van der Waals surface area contributed by atoms with Crippen molar-refractivity contribution < 1.29 is 0 Å². The van der Waals surface area contributed by atoms with Crippen molar-refractivity contribution in [1.29, 1.82) is 0 Å². The molecule has 0 spiro atoms. The van der Waals surface area contributed by atoms with Crippen LogP contribution >= 0.6 is 0 Å². The van der Waals surface area contributed by atoms with Crippen molar-refractivity contribution in [2.24, 2.45) is 5.73 Å². The molecule has 0 aliphatic carbocycles. The maximum atomic E-state index is 6.03. The second-order valence-electron chi connectivity index (χ2n) is 6.29. The van der Waals surface area contributed by atoms with Crippen molar-refractivity contribution in [3.63, 3.8) is 0 Å². The molecule has 2 unspecified atom stereocenters. The fourth-order valence-electron chi connectivity index (χ4n) is 3.06. The van der Waals surface area contributed by atoms with E-state index in [0.717, 1.165) is 19.4 Å². The number of hydrogen-bond acceptors (Lipinski definition) is 3. The first-order valence-electron chi connectivity index (χ1n) is 7.86. The van der Waals surface area contributed by atoms with Crippen LogP contribution in [-0.2, 0) is 6.42 Å². The third-order valence-corrected chi connectivity index (χ3v) is 4.24. The summed E-state index contributed by atoms with van der Waals surface area (Å²) in [4.78, 5) is 4.85. The molecule has 2 atom stereocenters. The lowest BCUT2D eigenvalue weighted by Crippen LogP contribution is -2.37. The highest BCUT2D eigenvalue weighted by Gasteiger charge is 2.24. The molecule has 2 N–H and O–H groups in total.